The summed E-state index contributed by atoms with van der Waals surface area (Å²) in [6.07, 6.45) is 8.23. The molecule has 0 aromatic heterocycles. The van der Waals surface area contributed by atoms with Crippen LogP contribution in [0.5, 0.6) is 0 Å². The molecule has 1 aliphatic carbocycles. The Hall–Kier alpha value is -0.610. The predicted octanol–water partition coefficient (Wildman–Crippen LogP) is 0.202. The molecule has 0 spiro atoms. The minimum absolute atomic E-state index is 0.363. The molecular weight excluding hydrogens is 162 g/mol. The first-order valence-corrected chi connectivity index (χ1v) is 5.18. The van der Waals surface area contributed by atoms with Gasteiger partial charge in [0.25, 0.3) is 0 Å². The van der Waals surface area contributed by atoms with Crippen LogP contribution in [0.15, 0.2) is 24.3 Å². The van der Waals surface area contributed by atoms with Crippen molar-refractivity contribution in [3.8, 4) is 0 Å². The van der Waals surface area contributed by atoms with Gasteiger partial charge in [0.1, 0.15) is 4.87 Å². The van der Waals surface area contributed by atoms with Gasteiger partial charge in [-0.3, -0.25) is 0 Å². The van der Waals surface area contributed by atoms with E-state index < -0.39 is 14.7 Å². The first-order valence-electron chi connectivity index (χ1n) is 3.28. The van der Waals surface area contributed by atoms with E-state index in [1.54, 1.807) is 18.2 Å². The average Bonchev–Trinajstić information content (AvgIpc) is 1.87. The quantitative estimate of drug-likeness (QED) is 0.616. The van der Waals surface area contributed by atoms with E-state index in [2.05, 4.69) is 0 Å². The smallest absolute Gasteiger partial charge is 0.169 e. The number of allylic oxidation sites excluding steroid dienone is 2. The van der Waals surface area contributed by atoms with E-state index in [1.807, 2.05) is 0 Å². The van der Waals surface area contributed by atoms with Crippen molar-refractivity contribution in [1.82, 2.24) is 0 Å². The summed E-state index contributed by atoms with van der Waals surface area (Å²) >= 11 is 0. The van der Waals surface area contributed by atoms with Gasteiger partial charge in [-0.15, -0.1) is 0 Å². The first kappa shape index (κ1) is 8.49. The SMILES string of the molecule is CS(=O)(=O)C1(N)C=CC=CC1. The number of sulfone groups is 1. The maximum atomic E-state index is 11.1. The standard InChI is InChI=1S/C7H11NO2S/c1-11(9,10)7(8)5-3-2-4-6-7/h2-5H,6,8H2,1H3. The van der Waals surface area contributed by atoms with Crippen LogP contribution in [0, 0.1) is 0 Å². The lowest BCUT2D eigenvalue weighted by atomic mass is 10.1. The second kappa shape index (κ2) is 2.46. The Bertz CT molecular complexity index is 302. The van der Waals surface area contributed by atoms with E-state index in [-0.39, 0.29) is 0 Å². The molecule has 11 heavy (non-hydrogen) atoms. The van der Waals surface area contributed by atoms with Crippen molar-refractivity contribution in [1.29, 1.82) is 0 Å². The van der Waals surface area contributed by atoms with Crippen molar-refractivity contribution in [3.63, 3.8) is 0 Å². The normalized spacial score (nSPS) is 30.7. The number of hydrogen-bond donors (Lipinski definition) is 1. The van der Waals surface area contributed by atoms with Crippen LogP contribution < -0.4 is 5.73 Å². The minimum Gasteiger partial charge on any atom is -0.309 e. The summed E-state index contributed by atoms with van der Waals surface area (Å²) < 4.78 is 22.2. The summed E-state index contributed by atoms with van der Waals surface area (Å²) in [5.41, 5.74) is 5.61. The molecular formula is C7H11NO2S. The third kappa shape index (κ3) is 1.52. The maximum Gasteiger partial charge on any atom is 0.169 e. The third-order valence-electron chi connectivity index (χ3n) is 1.75. The zero-order valence-electron chi connectivity index (χ0n) is 6.32. The minimum atomic E-state index is -3.19. The van der Waals surface area contributed by atoms with Crippen molar-refractivity contribution in [2.45, 2.75) is 11.3 Å². The van der Waals surface area contributed by atoms with Crippen LogP contribution in [0.3, 0.4) is 0 Å². The van der Waals surface area contributed by atoms with Gasteiger partial charge in [-0.05, 0) is 6.08 Å². The molecule has 0 bridgehead atoms. The van der Waals surface area contributed by atoms with Gasteiger partial charge < -0.3 is 5.73 Å². The predicted molar refractivity (Wildman–Crippen MR) is 44.7 cm³/mol. The van der Waals surface area contributed by atoms with Crippen LogP contribution in [0.25, 0.3) is 0 Å². The lowest BCUT2D eigenvalue weighted by molar-refractivity contribution is 0.562. The second-order valence-corrected chi connectivity index (χ2v) is 5.02. The highest BCUT2D eigenvalue weighted by atomic mass is 32.2. The lowest BCUT2D eigenvalue weighted by Gasteiger charge is -2.23. The Labute approximate surface area is 66.5 Å². The van der Waals surface area contributed by atoms with Gasteiger partial charge in [0.05, 0.1) is 0 Å². The molecule has 0 heterocycles. The van der Waals surface area contributed by atoms with Crippen molar-refractivity contribution in [2.24, 2.45) is 5.73 Å². The van der Waals surface area contributed by atoms with Gasteiger partial charge in [-0.2, -0.15) is 0 Å². The van der Waals surface area contributed by atoms with Gasteiger partial charge in [0, 0.05) is 12.7 Å². The zero-order chi connectivity index (χ0) is 8.54. The van der Waals surface area contributed by atoms with Crippen LogP contribution in [0.2, 0.25) is 0 Å². The molecule has 0 saturated carbocycles. The fourth-order valence-electron chi connectivity index (χ4n) is 0.892. The monoisotopic (exact) mass is 173 g/mol. The summed E-state index contributed by atoms with van der Waals surface area (Å²) in [7, 11) is -3.19. The van der Waals surface area contributed by atoms with Gasteiger partial charge in [0.2, 0.25) is 0 Å². The molecule has 4 heteroatoms. The van der Waals surface area contributed by atoms with E-state index in [0.717, 1.165) is 6.26 Å². The summed E-state index contributed by atoms with van der Waals surface area (Å²) in [6.45, 7) is 0. The summed E-state index contributed by atoms with van der Waals surface area (Å²) in [5, 5.41) is 0. The van der Waals surface area contributed by atoms with Gasteiger partial charge in [-0.1, -0.05) is 18.2 Å². The van der Waals surface area contributed by atoms with Crippen molar-refractivity contribution in [3.05, 3.63) is 24.3 Å². The van der Waals surface area contributed by atoms with Gasteiger partial charge in [0.15, 0.2) is 9.84 Å². The number of rotatable bonds is 1. The van der Waals surface area contributed by atoms with E-state index in [0.29, 0.717) is 6.42 Å². The van der Waals surface area contributed by atoms with Crippen LogP contribution in [0.4, 0.5) is 0 Å². The largest absolute Gasteiger partial charge is 0.309 e. The van der Waals surface area contributed by atoms with E-state index in [1.165, 1.54) is 6.08 Å². The van der Waals surface area contributed by atoms with E-state index >= 15 is 0 Å². The Morgan fingerprint density at radius 1 is 1.45 bits per heavy atom. The van der Waals surface area contributed by atoms with Crippen molar-refractivity contribution < 1.29 is 8.42 Å². The summed E-state index contributed by atoms with van der Waals surface area (Å²) in [6, 6.07) is 0. The fraction of sp³-hybridized carbons (Fsp3) is 0.429. The molecule has 0 amide bonds. The van der Waals surface area contributed by atoms with Gasteiger partial charge in [-0.25, -0.2) is 8.42 Å². The Kier molecular flexibility index (Phi) is 1.90. The molecule has 2 N–H and O–H groups in total. The van der Waals surface area contributed by atoms with E-state index in [4.69, 9.17) is 5.73 Å². The summed E-state index contributed by atoms with van der Waals surface area (Å²) in [5.74, 6) is 0. The fourth-order valence-corrected chi connectivity index (χ4v) is 1.62. The zero-order valence-corrected chi connectivity index (χ0v) is 7.14. The second-order valence-electron chi connectivity index (χ2n) is 2.72. The molecule has 1 rings (SSSR count). The first-order chi connectivity index (χ1) is 4.96. The Morgan fingerprint density at radius 3 is 2.36 bits per heavy atom. The maximum absolute atomic E-state index is 11.1. The van der Waals surface area contributed by atoms with Crippen LogP contribution in [0.1, 0.15) is 6.42 Å². The Morgan fingerprint density at radius 2 is 2.09 bits per heavy atom. The molecule has 3 nitrogen and oxygen atoms in total. The number of nitrogens with two attached hydrogens (primary N) is 1. The van der Waals surface area contributed by atoms with Crippen LogP contribution >= 0.6 is 0 Å². The molecule has 0 aromatic carbocycles. The molecule has 1 unspecified atom stereocenters. The van der Waals surface area contributed by atoms with Crippen LogP contribution in [-0.4, -0.2) is 19.5 Å². The van der Waals surface area contributed by atoms with Crippen molar-refractivity contribution in [2.75, 3.05) is 6.26 Å². The van der Waals surface area contributed by atoms with E-state index in [9.17, 15) is 8.42 Å². The lowest BCUT2D eigenvalue weighted by Crippen LogP contribution is -2.45. The van der Waals surface area contributed by atoms with Crippen LogP contribution in [-0.2, 0) is 9.84 Å². The van der Waals surface area contributed by atoms with Gasteiger partial charge >= 0.3 is 0 Å². The molecule has 0 radical (unpaired) electrons. The highest BCUT2D eigenvalue weighted by Gasteiger charge is 2.32. The molecule has 0 saturated heterocycles. The van der Waals surface area contributed by atoms with Crippen molar-refractivity contribution >= 4 is 9.84 Å². The molecule has 1 aliphatic rings. The molecule has 1 atom stereocenters. The Balaban J connectivity index is 3.04. The highest BCUT2D eigenvalue weighted by molar-refractivity contribution is 7.92. The molecule has 0 fully saturated rings. The summed E-state index contributed by atoms with van der Waals surface area (Å²) in [4.78, 5) is -1.18. The number of hydrogen-bond acceptors (Lipinski definition) is 3. The topological polar surface area (TPSA) is 60.2 Å². The highest BCUT2D eigenvalue weighted by Crippen LogP contribution is 2.19. The molecule has 62 valence electrons. The molecule has 0 aromatic rings. The average molecular weight is 173 g/mol. The molecule has 0 aliphatic heterocycles. The third-order valence-corrected chi connectivity index (χ3v) is 3.44.